The summed E-state index contributed by atoms with van der Waals surface area (Å²) in [6.07, 6.45) is 0.560. The third-order valence-corrected chi connectivity index (χ3v) is 3.09. The lowest BCUT2D eigenvalue weighted by molar-refractivity contribution is -0.120. The molecule has 0 aliphatic carbocycles. The van der Waals surface area contributed by atoms with E-state index in [2.05, 4.69) is 10.6 Å². The Morgan fingerprint density at radius 1 is 1.45 bits per heavy atom. The highest BCUT2D eigenvalue weighted by Gasteiger charge is 2.17. The fourth-order valence-electron chi connectivity index (χ4n) is 2.00. The number of rotatable bonds is 6. The molecular weight excluding hydrogens is 276 g/mol. The van der Waals surface area contributed by atoms with E-state index in [-0.39, 0.29) is 24.4 Å². The number of hydrogen-bond acceptors (Lipinski definition) is 3. The number of halogens is 1. The molecule has 0 saturated carbocycles. The molecule has 112 valence electrons. The highest BCUT2D eigenvalue weighted by atomic mass is 35.5. The molecule has 0 spiro atoms. The maximum absolute atomic E-state index is 11.8. The number of carbonyl (C=O) groups excluding carboxylic acids is 1. The van der Waals surface area contributed by atoms with Crippen LogP contribution in [0.3, 0.4) is 0 Å². The van der Waals surface area contributed by atoms with Gasteiger partial charge in [-0.3, -0.25) is 4.79 Å². The molecule has 0 bridgehead atoms. The zero-order valence-electron chi connectivity index (χ0n) is 12.0. The van der Waals surface area contributed by atoms with Crippen molar-refractivity contribution in [2.24, 2.45) is 5.92 Å². The van der Waals surface area contributed by atoms with Crippen LogP contribution in [0.15, 0.2) is 24.3 Å². The zero-order valence-corrected chi connectivity index (χ0v) is 12.8. The first-order valence-electron chi connectivity index (χ1n) is 6.86. The second kappa shape index (κ2) is 8.12. The van der Waals surface area contributed by atoms with E-state index >= 15 is 0 Å². The van der Waals surface area contributed by atoms with E-state index in [0.717, 1.165) is 30.9 Å². The van der Waals surface area contributed by atoms with Crippen LogP contribution in [0.1, 0.15) is 19.4 Å². The van der Waals surface area contributed by atoms with Crippen LogP contribution >= 0.6 is 12.4 Å². The fourth-order valence-corrected chi connectivity index (χ4v) is 2.00. The number of hydrogen-bond donors (Lipinski definition) is 2. The maximum Gasteiger partial charge on any atom is 0.224 e. The average Bonchev–Trinajstić information content (AvgIpc) is 2.26. The van der Waals surface area contributed by atoms with Crippen molar-refractivity contribution in [2.45, 2.75) is 26.4 Å². The molecule has 0 radical (unpaired) electrons. The molecule has 4 nitrogen and oxygen atoms in total. The highest BCUT2D eigenvalue weighted by Crippen LogP contribution is 2.15. The van der Waals surface area contributed by atoms with Crippen LogP contribution in [0.4, 0.5) is 0 Å². The van der Waals surface area contributed by atoms with Gasteiger partial charge in [0.2, 0.25) is 5.91 Å². The molecule has 1 aromatic rings. The van der Waals surface area contributed by atoms with Crippen LogP contribution in [0.25, 0.3) is 0 Å². The maximum atomic E-state index is 11.8. The van der Waals surface area contributed by atoms with Gasteiger partial charge in [-0.15, -0.1) is 12.4 Å². The van der Waals surface area contributed by atoms with Crippen molar-refractivity contribution in [1.82, 2.24) is 10.6 Å². The molecule has 1 heterocycles. The topological polar surface area (TPSA) is 50.4 Å². The molecule has 1 fully saturated rings. The number of nitrogens with one attached hydrogen (secondary N) is 2. The van der Waals surface area contributed by atoms with Crippen LogP contribution in [0, 0.1) is 5.92 Å². The summed E-state index contributed by atoms with van der Waals surface area (Å²) in [4.78, 5) is 11.8. The molecule has 2 N–H and O–H groups in total. The molecule has 1 saturated heterocycles. The van der Waals surface area contributed by atoms with E-state index in [1.807, 2.05) is 38.1 Å². The summed E-state index contributed by atoms with van der Waals surface area (Å²) in [6.45, 7) is 6.78. The lowest BCUT2D eigenvalue weighted by atomic mass is 10.0. The smallest absolute Gasteiger partial charge is 0.224 e. The number of ether oxygens (including phenoxy) is 1. The zero-order chi connectivity index (χ0) is 13.7. The van der Waals surface area contributed by atoms with Crippen LogP contribution < -0.4 is 15.4 Å². The molecule has 5 heteroatoms. The lowest BCUT2D eigenvalue weighted by Crippen LogP contribution is -2.48. The van der Waals surface area contributed by atoms with E-state index in [1.165, 1.54) is 0 Å². The second-order valence-electron chi connectivity index (χ2n) is 5.32. The van der Waals surface area contributed by atoms with E-state index < -0.39 is 0 Å². The third kappa shape index (κ3) is 5.39. The van der Waals surface area contributed by atoms with Crippen LogP contribution in [0.2, 0.25) is 0 Å². The summed E-state index contributed by atoms with van der Waals surface area (Å²) < 4.78 is 5.62. The van der Waals surface area contributed by atoms with Crippen LogP contribution in [0.5, 0.6) is 5.75 Å². The van der Waals surface area contributed by atoms with Gasteiger partial charge in [0.05, 0.1) is 12.5 Å². The Morgan fingerprint density at radius 2 is 2.20 bits per heavy atom. The second-order valence-corrected chi connectivity index (χ2v) is 5.32. The molecule has 0 atom stereocenters. The Morgan fingerprint density at radius 3 is 2.80 bits per heavy atom. The predicted molar refractivity (Wildman–Crippen MR) is 82.5 cm³/mol. The lowest BCUT2D eigenvalue weighted by Gasteiger charge is -2.27. The Labute approximate surface area is 126 Å². The standard InChI is InChI=1S/C15H22N2O2.ClH/c1-11(2)19-14-5-3-4-12(6-14)7-15(18)17-10-13-8-16-9-13;/h3-6,11,13,16H,7-10H2,1-2H3,(H,17,18);1H. The first kappa shape index (κ1) is 16.8. The van der Waals surface area contributed by atoms with Gasteiger partial charge in [-0.25, -0.2) is 0 Å². The number of benzene rings is 1. The average molecular weight is 299 g/mol. The predicted octanol–water partition coefficient (Wildman–Crippen LogP) is 1.77. The van der Waals surface area contributed by atoms with Crippen LogP contribution in [-0.2, 0) is 11.2 Å². The fraction of sp³-hybridized carbons (Fsp3) is 0.533. The van der Waals surface area contributed by atoms with Gasteiger partial charge in [0, 0.05) is 25.6 Å². The van der Waals surface area contributed by atoms with Crippen molar-refractivity contribution < 1.29 is 9.53 Å². The summed E-state index contributed by atoms with van der Waals surface area (Å²) >= 11 is 0. The Bertz CT molecular complexity index is 434. The summed E-state index contributed by atoms with van der Waals surface area (Å²) in [5.74, 6) is 1.50. The minimum Gasteiger partial charge on any atom is -0.491 e. The SMILES string of the molecule is CC(C)Oc1cccc(CC(=O)NCC2CNC2)c1.Cl. The van der Waals surface area contributed by atoms with Gasteiger partial charge in [0.25, 0.3) is 0 Å². The van der Waals surface area contributed by atoms with E-state index in [4.69, 9.17) is 4.74 Å². The molecule has 1 aromatic carbocycles. The normalized spacial score (nSPS) is 14.3. The Balaban J connectivity index is 0.00000200. The highest BCUT2D eigenvalue weighted by molar-refractivity contribution is 5.85. The van der Waals surface area contributed by atoms with Crippen LogP contribution in [-0.4, -0.2) is 31.6 Å². The van der Waals surface area contributed by atoms with Gasteiger partial charge in [0.1, 0.15) is 5.75 Å². The molecule has 20 heavy (non-hydrogen) atoms. The van der Waals surface area contributed by atoms with E-state index in [9.17, 15) is 4.79 Å². The largest absolute Gasteiger partial charge is 0.491 e. The molecular formula is C15H23ClN2O2. The minimum atomic E-state index is 0. The molecule has 2 rings (SSSR count). The number of amides is 1. The molecule has 1 aliphatic heterocycles. The van der Waals surface area contributed by atoms with Crippen molar-refractivity contribution in [2.75, 3.05) is 19.6 Å². The van der Waals surface area contributed by atoms with Gasteiger partial charge in [-0.1, -0.05) is 12.1 Å². The third-order valence-electron chi connectivity index (χ3n) is 3.09. The van der Waals surface area contributed by atoms with Crippen molar-refractivity contribution in [3.8, 4) is 5.75 Å². The first-order chi connectivity index (χ1) is 9.13. The Kier molecular flexibility index (Phi) is 6.82. The van der Waals surface area contributed by atoms with Gasteiger partial charge < -0.3 is 15.4 Å². The monoisotopic (exact) mass is 298 g/mol. The van der Waals surface area contributed by atoms with Crippen molar-refractivity contribution in [1.29, 1.82) is 0 Å². The van der Waals surface area contributed by atoms with Crippen molar-refractivity contribution in [3.63, 3.8) is 0 Å². The van der Waals surface area contributed by atoms with E-state index in [1.54, 1.807) is 0 Å². The first-order valence-corrected chi connectivity index (χ1v) is 6.86. The van der Waals surface area contributed by atoms with Gasteiger partial charge in [-0.2, -0.15) is 0 Å². The summed E-state index contributed by atoms with van der Waals surface area (Å²) in [7, 11) is 0. The summed E-state index contributed by atoms with van der Waals surface area (Å²) in [5.41, 5.74) is 0.988. The molecule has 1 amide bonds. The summed E-state index contributed by atoms with van der Waals surface area (Å²) in [5, 5.41) is 6.17. The van der Waals surface area contributed by atoms with Gasteiger partial charge in [-0.05, 0) is 31.5 Å². The quantitative estimate of drug-likeness (QED) is 0.842. The van der Waals surface area contributed by atoms with Crippen molar-refractivity contribution >= 4 is 18.3 Å². The van der Waals surface area contributed by atoms with Crippen molar-refractivity contribution in [3.05, 3.63) is 29.8 Å². The molecule has 0 unspecified atom stereocenters. The number of carbonyl (C=O) groups is 1. The van der Waals surface area contributed by atoms with E-state index in [0.29, 0.717) is 12.3 Å². The summed E-state index contributed by atoms with van der Waals surface area (Å²) in [6, 6.07) is 7.74. The van der Waals surface area contributed by atoms with Gasteiger partial charge in [0.15, 0.2) is 0 Å². The molecule has 1 aliphatic rings. The van der Waals surface area contributed by atoms with Gasteiger partial charge >= 0.3 is 0 Å². The minimum absolute atomic E-state index is 0. The molecule has 0 aromatic heterocycles. The Hall–Kier alpha value is -1.26.